The predicted molar refractivity (Wildman–Crippen MR) is 72.9 cm³/mol. The Hall–Kier alpha value is -0.150. The van der Waals surface area contributed by atoms with Crippen molar-refractivity contribution in [1.29, 1.82) is 0 Å². The van der Waals surface area contributed by atoms with Crippen molar-refractivity contribution in [3.05, 3.63) is 29.8 Å². The average molecular weight is 326 g/mol. The van der Waals surface area contributed by atoms with Crippen molar-refractivity contribution in [3.8, 4) is 5.75 Å². The van der Waals surface area contributed by atoms with Gasteiger partial charge in [-0.1, -0.05) is 17.7 Å². The van der Waals surface area contributed by atoms with Gasteiger partial charge in [-0.2, -0.15) is 0 Å². The van der Waals surface area contributed by atoms with Gasteiger partial charge in [-0.25, -0.2) is 8.42 Å². The van der Waals surface area contributed by atoms with Gasteiger partial charge in [0.2, 0.25) is 0 Å². The number of rotatable bonds is 10. The molecule has 0 unspecified atom stereocenters. The van der Waals surface area contributed by atoms with Crippen LogP contribution in [0, 0.1) is 6.92 Å². The van der Waals surface area contributed by atoms with Crippen LogP contribution in [0.25, 0.3) is 0 Å². The van der Waals surface area contributed by atoms with Crippen molar-refractivity contribution in [2.24, 2.45) is 0 Å². The van der Waals surface area contributed by atoms with E-state index in [0.29, 0.717) is 19.8 Å². The summed E-state index contributed by atoms with van der Waals surface area (Å²) in [6, 6.07) is 7.71. The summed E-state index contributed by atoms with van der Waals surface area (Å²) in [5, 5.41) is 0. The van der Waals surface area contributed by atoms with Gasteiger partial charge >= 0.3 is 29.6 Å². The number of aryl methyl sites for hydroxylation is 1. The third kappa shape index (κ3) is 12.1. The molecule has 6 nitrogen and oxygen atoms in total. The smallest absolute Gasteiger partial charge is 0.748 e. The van der Waals surface area contributed by atoms with Crippen molar-refractivity contribution in [2.75, 3.05) is 38.8 Å². The van der Waals surface area contributed by atoms with Crippen LogP contribution in [0.1, 0.15) is 5.56 Å². The first-order valence-corrected chi connectivity index (χ1v) is 7.83. The van der Waals surface area contributed by atoms with E-state index in [1.807, 2.05) is 31.2 Å². The van der Waals surface area contributed by atoms with E-state index in [1.54, 1.807) is 0 Å². The second kappa shape index (κ2) is 11.4. The van der Waals surface area contributed by atoms with Gasteiger partial charge in [-0.05, 0) is 19.1 Å². The maximum atomic E-state index is 10.3. The predicted octanol–water partition coefficient (Wildman–Crippen LogP) is -2.04. The molecular weight excluding hydrogens is 307 g/mol. The van der Waals surface area contributed by atoms with Crippen LogP contribution in [0.3, 0.4) is 0 Å². The summed E-state index contributed by atoms with van der Waals surface area (Å²) in [5.41, 5.74) is 1.17. The van der Waals surface area contributed by atoms with Crippen molar-refractivity contribution < 1.29 is 56.7 Å². The fourth-order valence-electron chi connectivity index (χ4n) is 1.34. The third-order valence-electron chi connectivity index (χ3n) is 2.37. The Labute approximate surface area is 147 Å². The SMILES string of the molecule is Cc1ccc(OCCOCCOCCS(=O)(=O)[O-])cc1.[Na+]. The molecule has 21 heavy (non-hydrogen) atoms. The first kappa shape index (κ1) is 20.9. The molecule has 0 aromatic heterocycles. The molecule has 1 aromatic rings. The zero-order valence-electron chi connectivity index (χ0n) is 12.4. The van der Waals surface area contributed by atoms with Crippen LogP contribution < -0.4 is 34.3 Å². The van der Waals surface area contributed by atoms with E-state index < -0.39 is 15.9 Å². The Morgan fingerprint density at radius 3 is 2.05 bits per heavy atom. The molecule has 0 saturated heterocycles. The van der Waals surface area contributed by atoms with Crippen LogP contribution in [0.15, 0.2) is 24.3 Å². The minimum absolute atomic E-state index is 0. The van der Waals surface area contributed by atoms with Gasteiger partial charge in [0, 0.05) is 0 Å². The molecule has 0 heterocycles. The van der Waals surface area contributed by atoms with Crippen LogP contribution in [0.4, 0.5) is 0 Å². The van der Waals surface area contributed by atoms with Gasteiger partial charge in [0.1, 0.15) is 12.4 Å². The van der Waals surface area contributed by atoms with E-state index >= 15 is 0 Å². The Kier molecular flexibility index (Phi) is 11.3. The molecule has 0 N–H and O–H groups in total. The zero-order valence-corrected chi connectivity index (χ0v) is 15.2. The maximum absolute atomic E-state index is 10.3. The molecule has 114 valence electrons. The fourth-order valence-corrected chi connectivity index (χ4v) is 1.66. The van der Waals surface area contributed by atoms with Gasteiger partial charge < -0.3 is 18.8 Å². The molecule has 0 saturated carbocycles. The first-order chi connectivity index (χ1) is 9.47. The number of ether oxygens (including phenoxy) is 3. The summed E-state index contributed by atoms with van der Waals surface area (Å²) in [6.45, 7) is 3.32. The molecule has 0 fully saturated rings. The molecule has 1 rings (SSSR count). The normalized spacial score (nSPS) is 11.0. The van der Waals surface area contributed by atoms with Crippen molar-refractivity contribution in [2.45, 2.75) is 6.92 Å². The molecule has 0 bridgehead atoms. The number of hydrogen-bond donors (Lipinski definition) is 0. The summed E-state index contributed by atoms with van der Waals surface area (Å²) in [5.74, 6) is 0.278. The van der Waals surface area contributed by atoms with Crippen LogP contribution in [-0.4, -0.2) is 51.8 Å². The molecule has 8 heteroatoms. The molecule has 0 amide bonds. The van der Waals surface area contributed by atoms with Crippen molar-refractivity contribution >= 4 is 10.1 Å². The van der Waals surface area contributed by atoms with Gasteiger partial charge in [-0.15, -0.1) is 0 Å². The van der Waals surface area contributed by atoms with Gasteiger partial charge in [-0.3, -0.25) is 0 Å². The molecule has 0 aliphatic carbocycles. The number of benzene rings is 1. The Bertz CT molecular complexity index is 474. The van der Waals surface area contributed by atoms with Crippen LogP contribution in [0.5, 0.6) is 5.75 Å². The summed E-state index contributed by atoms with van der Waals surface area (Å²) in [6.07, 6.45) is 0. The summed E-state index contributed by atoms with van der Waals surface area (Å²) in [4.78, 5) is 0. The standard InChI is InChI=1S/C13H20O6S.Na/c1-12-2-4-13(5-3-12)19-9-8-17-6-7-18-10-11-20(14,15)16;/h2-5H,6-11H2,1H3,(H,14,15,16);/q;+1/p-1. The second-order valence-corrected chi connectivity index (χ2v) is 5.67. The van der Waals surface area contributed by atoms with E-state index in [2.05, 4.69) is 0 Å². The quantitative estimate of drug-likeness (QED) is 0.280. The summed E-state index contributed by atoms with van der Waals surface area (Å²) in [7, 11) is -4.20. The molecule has 1 aromatic carbocycles. The largest absolute Gasteiger partial charge is 1.00 e. The van der Waals surface area contributed by atoms with E-state index in [0.717, 1.165) is 5.75 Å². The van der Waals surface area contributed by atoms with E-state index in [1.165, 1.54) is 5.56 Å². The molecular formula is C13H19NaO6S. The third-order valence-corrected chi connectivity index (χ3v) is 3.03. The van der Waals surface area contributed by atoms with E-state index in [9.17, 15) is 13.0 Å². The van der Waals surface area contributed by atoms with Crippen LogP contribution >= 0.6 is 0 Å². The average Bonchev–Trinajstić information content (AvgIpc) is 2.37. The second-order valence-electron chi connectivity index (χ2n) is 4.15. The van der Waals surface area contributed by atoms with E-state index in [-0.39, 0.29) is 42.8 Å². The molecule has 0 atom stereocenters. The van der Waals surface area contributed by atoms with E-state index in [4.69, 9.17) is 14.2 Å². The van der Waals surface area contributed by atoms with Gasteiger partial charge in [0.15, 0.2) is 0 Å². The molecule has 0 spiro atoms. The molecule has 0 radical (unpaired) electrons. The first-order valence-electron chi connectivity index (χ1n) is 6.26. The Morgan fingerprint density at radius 1 is 0.952 bits per heavy atom. The summed E-state index contributed by atoms with van der Waals surface area (Å²) < 4.78 is 46.5. The molecule has 0 aliphatic rings. The van der Waals surface area contributed by atoms with Crippen molar-refractivity contribution in [3.63, 3.8) is 0 Å². The topological polar surface area (TPSA) is 84.9 Å². The Balaban J connectivity index is 0.00000400. The van der Waals surface area contributed by atoms with Gasteiger partial charge in [0.05, 0.1) is 42.3 Å². The molecule has 0 aliphatic heterocycles. The fraction of sp³-hybridized carbons (Fsp3) is 0.538. The number of hydrogen-bond acceptors (Lipinski definition) is 6. The minimum atomic E-state index is -4.20. The van der Waals surface area contributed by atoms with Crippen molar-refractivity contribution in [1.82, 2.24) is 0 Å². The maximum Gasteiger partial charge on any atom is 1.00 e. The minimum Gasteiger partial charge on any atom is -0.748 e. The summed E-state index contributed by atoms with van der Waals surface area (Å²) >= 11 is 0. The van der Waals surface area contributed by atoms with Crippen LogP contribution in [0.2, 0.25) is 0 Å². The Morgan fingerprint density at radius 2 is 1.48 bits per heavy atom. The van der Waals surface area contributed by atoms with Crippen LogP contribution in [-0.2, 0) is 19.6 Å². The monoisotopic (exact) mass is 326 g/mol. The van der Waals surface area contributed by atoms with Gasteiger partial charge in [0.25, 0.3) is 0 Å². The zero-order chi connectivity index (χ0) is 14.8.